The third-order valence-corrected chi connectivity index (χ3v) is 6.06. The summed E-state index contributed by atoms with van der Waals surface area (Å²) in [6.07, 6.45) is 5.24. The van der Waals surface area contributed by atoms with E-state index in [1.54, 1.807) is 48.6 Å². The number of alkyl halides is 1. The lowest BCUT2D eigenvalue weighted by atomic mass is 10.0. The van der Waals surface area contributed by atoms with Gasteiger partial charge in [0.1, 0.15) is 0 Å². The number of nitrogens with two attached hydrogens (primary N) is 1. The predicted molar refractivity (Wildman–Crippen MR) is 123 cm³/mol. The minimum atomic E-state index is -1.81. The minimum Gasteiger partial charge on any atom is -0.397 e. The number of anilines is 2. The van der Waals surface area contributed by atoms with Gasteiger partial charge in [-0.3, -0.25) is 4.79 Å². The van der Waals surface area contributed by atoms with E-state index in [4.69, 9.17) is 14.8 Å². The van der Waals surface area contributed by atoms with Crippen LogP contribution in [0.3, 0.4) is 0 Å². The third-order valence-electron chi connectivity index (χ3n) is 4.45. The molecule has 158 valence electrons. The first-order valence-electron chi connectivity index (χ1n) is 9.11. The van der Waals surface area contributed by atoms with Crippen molar-refractivity contribution in [3.8, 4) is 0 Å². The van der Waals surface area contributed by atoms with Crippen LogP contribution < -0.4 is 11.1 Å². The van der Waals surface area contributed by atoms with E-state index in [1.165, 1.54) is 21.1 Å². The van der Waals surface area contributed by atoms with Gasteiger partial charge in [0.05, 0.1) is 11.4 Å². The molecule has 0 bridgehead atoms. The van der Waals surface area contributed by atoms with Crippen molar-refractivity contribution in [3.05, 3.63) is 90.5 Å². The van der Waals surface area contributed by atoms with Crippen LogP contribution >= 0.6 is 8.38 Å². The quantitative estimate of drug-likeness (QED) is 0.291. The summed E-state index contributed by atoms with van der Waals surface area (Å²) in [5.41, 5.74) is 9.19. The number of amides is 1. The van der Waals surface area contributed by atoms with Gasteiger partial charge in [0.2, 0.25) is 13.8 Å². The average Bonchev–Trinajstić information content (AvgIpc) is 2.74. The normalized spacial score (nSPS) is 13.2. The van der Waals surface area contributed by atoms with Crippen LogP contribution in [0.25, 0.3) is 5.57 Å². The van der Waals surface area contributed by atoms with Gasteiger partial charge in [-0.05, 0) is 47.9 Å². The lowest BCUT2D eigenvalue weighted by Gasteiger charge is -2.27. The summed E-state index contributed by atoms with van der Waals surface area (Å²) in [6.45, 7) is 9.01. The Hall–Kier alpha value is -2.79. The summed E-state index contributed by atoms with van der Waals surface area (Å²) in [5, 5.41) is 0.979. The zero-order valence-electron chi connectivity index (χ0n) is 17.3. The number of benzene rings is 2. The number of nitrogens with one attached hydrogen (secondary N) is 1. The molecule has 1 amide bonds. The van der Waals surface area contributed by atoms with Gasteiger partial charge in [-0.2, -0.15) is 0 Å². The molecule has 1 unspecified atom stereocenters. The van der Waals surface area contributed by atoms with Crippen molar-refractivity contribution in [1.29, 1.82) is 0 Å². The molecule has 0 saturated carbocycles. The summed E-state index contributed by atoms with van der Waals surface area (Å²) in [4.78, 5) is 12.7. The molecule has 30 heavy (non-hydrogen) atoms. The van der Waals surface area contributed by atoms with Crippen molar-refractivity contribution in [2.45, 2.75) is 12.3 Å². The van der Waals surface area contributed by atoms with E-state index in [-0.39, 0.29) is 5.91 Å². The average molecular weight is 428 g/mol. The molecule has 0 fully saturated rings. The van der Waals surface area contributed by atoms with Gasteiger partial charge < -0.3 is 20.1 Å². The van der Waals surface area contributed by atoms with E-state index in [1.807, 2.05) is 12.1 Å². The summed E-state index contributed by atoms with van der Waals surface area (Å²) in [7, 11) is 1.03. The molecule has 5 nitrogen and oxygen atoms in total. The fraction of sp³-hybridized carbons (Fsp3) is 0.174. The van der Waals surface area contributed by atoms with Crippen LogP contribution in [0, 0.1) is 0 Å². The lowest BCUT2D eigenvalue weighted by molar-refractivity contribution is 0.102. The highest BCUT2D eigenvalue weighted by atomic mass is 31.2. The molecule has 0 aliphatic heterocycles. The number of carbonyl (C=O) groups excluding carboxylic acids is 1. The van der Waals surface area contributed by atoms with E-state index >= 15 is 4.39 Å². The molecule has 0 aliphatic carbocycles. The maximum absolute atomic E-state index is 15.1. The SMILES string of the molecule is C=C/C=C\C(=C)c1ccc(N)c(NC(=O)c2ccc(C(C)(F)P(OC)OC)cc2)c1. The van der Waals surface area contributed by atoms with Gasteiger partial charge in [0.15, 0.2) is 0 Å². The Morgan fingerprint density at radius 2 is 1.77 bits per heavy atom. The second kappa shape index (κ2) is 10.3. The Morgan fingerprint density at radius 1 is 1.17 bits per heavy atom. The fourth-order valence-corrected chi connectivity index (χ4v) is 3.98. The van der Waals surface area contributed by atoms with Gasteiger partial charge in [-0.25, -0.2) is 4.39 Å². The van der Waals surface area contributed by atoms with Crippen molar-refractivity contribution >= 4 is 31.2 Å². The zero-order valence-corrected chi connectivity index (χ0v) is 18.2. The molecule has 2 rings (SSSR count). The summed E-state index contributed by atoms with van der Waals surface area (Å²) in [6, 6.07) is 11.5. The number of hydrogen-bond acceptors (Lipinski definition) is 4. The Kier molecular flexibility index (Phi) is 8.07. The highest BCUT2D eigenvalue weighted by Gasteiger charge is 2.38. The van der Waals surface area contributed by atoms with Gasteiger partial charge in [0.25, 0.3) is 5.91 Å². The van der Waals surface area contributed by atoms with Crippen molar-refractivity contribution in [2.75, 3.05) is 25.3 Å². The fourth-order valence-electron chi connectivity index (χ4n) is 2.79. The van der Waals surface area contributed by atoms with Crippen LogP contribution in [0.15, 0.2) is 73.9 Å². The minimum absolute atomic E-state index is 0.362. The highest BCUT2D eigenvalue weighted by molar-refractivity contribution is 7.48. The van der Waals surface area contributed by atoms with Crippen LogP contribution in [0.4, 0.5) is 15.8 Å². The topological polar surface area (TPSA) is 73.6 Å². The number of hydrogen-bond donors (Lipinski definition) is 2. The van der Waals surface area contributed by atoms with Gasteiger partial charge in [-0.15, -0.1) is 0 Å². The van der Waals surface area contributed by atoms with E-state index in [0.29, 0.717) is 22.5 Å². The second-order valence-electron chi connectivity index (χ2n) is 6.53. The Balaban J connectivity index is 2.21. The molecule has 0 aromatic heterocycles. The molecule has 0 saturated heterocycles. The molecule has 0 heterocycles. The van der Waals surface area contributed by atoms with E-state index < -0.39 is 13.8 Å². The van der Waals surface area contributed by atoms with Crippen molar-refractivity contribution < 1.29 is 18.2 Å². The van der Waals surface area contributed by atoms with E-state index in [0.717, 1.165) is 11.1 Å². The molecule has 7 heteroatoms. The Morgan fingerprint density at radius 3 is 2.33 bits per heavy atom. The standard InChI is InChI=1S/C23H26FN2O3P/c1-6-7-8-16(2)18-11-14-20(25)21(15-18)26-22(27)17-9-12-19(13-10-17)23(3,24)30(28-4)29-5/h6-15H,1-2,25H2,3-5H3,(H,26,27)/b8-7-. The molecule has 3 N–H and O–H groups in total. The monoisotopic (exact) mass is 428 g/mol. The predicted octanol–water partition coefficient (Wildman–Crippen LogP) is 6.02. The second-order valence-corrected chi connectivity index (χ2v) is 8.61. The first-order chi connectivity index (χ1) is 14.2. The number of rotatable bonds is 9. The molecule has 0 spiro atoms. The van der Waals surface area contributed by atoms with Crippen LogP contribution in [-0.4, -0.2) is 20.1 Å². The van der Waals surface area contributed by atoms with Gasteiger partial charge >= 0.3 is 0 Å². The number of carbonyl (C=O) groups is 1. The number of nitrogen functional groups attached to an aromatic ring is 1. The molecular formula is C23H26FN2O3P. The van der Waals surface area contributed by atoms with Crippen LogP contribution in [0.2, 0.25) is 0 Å². The van der Waals surface area contributed by atoms with Gasteiger partial charge in [-0.1, -0.05) is 49.6 Å². The number of allylic oxidation sites excluding steroid dienone is 4. The number of halogens is 1. The molecular weight excluding hydrogens is 402 g/mol. The molecule has 0 aliphatic rings. The highest BCUT2D eigenvalue weighted by Crippen LogP contribution is 2.57. The summed E-state index contributed by atoms with van der Waals surface area (Å²) in [5.74, 6) is -0.362. The maximum Gasteiger partial charge on any atom is 0.255 e. The van der Waals surface area contributed by atoms with Gasteiger partial charge in [0, 0.05) is 19.8 Å². The lowest BCUT2D eigenvalue weighted by Crippen LogP contribution is -2.16. The summed E-state index contributed by atoms with van der Waals surface area (Å²) >= 11 is 0. The summed E-state index contributed by atoms with van der Waals surface area (Å²) < 4.78 is 25.3. The van der Waals surface area contributed by atoms with Crippen LogP contribution in [-0.2, 0) is 14.5 Å². The Bertz CT molecular complexity index is 951. The molecule has 0 radical (unpaired) electrons. The van der Waals surface area contributed by atoms with Crippen molar-refractivity contribution in [2.24, 2.45) is 0 Å². The largest absolute Gasteiger partial charge is 0.397 e. The van der Waals surface area contributed by atoms with Crippen molar-refractivity contribution in [1.82, 2.24) is 0 Å². The Labute approximate surface area is 178 Å². The first kappa shape index (κ1) is 23.5. The van der Waals surface area contributed by atoms with Crippen molar-refractivity contribution in [3.63, 3.8) is 0 Å². The third kappa shape index (κ3) is 5.42. The smallest absolute Gasteiger partial charge is 0.255 e. The van der Waals surface area contributed by atoms with E-state index in [2.05, 4.69) is 18.5 Å². The van der Waals surface area contributed by atoms with Crippen LogP contribution in [0.5, 0.6) is 0 Å². The molecule has 2 aromatic carbocycles. The zero-order chi connectivity index (χ0) is 22.3. The van der Waals surface area contributed by atoms with Crippen LogP contribution in [0.1, 0.15) is 28.4 Å². The first-order valence-corrected chi connectivity index (χ1v) is 10.3. The maximum atomic E-state index is 15.1. The molecule has 2 aromatic rings. The molecule has 1 atom stereocenters. The van der Waals surface area contributed by atoms with E-state index in [9.17, 15) is 4.79 Å².